The van der Waals surface area contributed by atoms with Crippen molar-refractivity contribution < 1.29 is 14.3 Å². The molecule has 2 rings (SSSR count). The van der Waals surface area contributed by atoms with E-state index in [2.05, 4.69) is 5.32 Å². The first kappa shape index (κ1) is 18.4. The van der Waals surface area contributed by atoms with Crippen molar-refractivity contribution in [2.75, 3.05) is 0 Å². The molecule has 0 heterocycles. The minimum atomic E-state index is -0.521. The molecule has 1 aliphatic carbocycles. The van der Waals surface area contributed by atoms with E-state index in [0.29, 0.717) is 22.8 Å². The lowest BCUT2D eigenvalue weighted by Crippen LogP contribution is -2.63. The quantitative estimate of drug-likeness (QED) is 0.883. The summed E-state index contributed by atoms with van der Waals surface area (Å²) in [5.41, 5.74) is -0.342. The third-order valence-corrected chi connectivity index (χ3v) is 4.52. The number of nitriles is 1. The predicted molar refractivity (Wildman–Crippen MR) is 92.1 cm³/mol. The summed E-state index contributed by atoms with van der Waals surface area (Å²) in [5.74, 6) is 0.618. The molecule has 130 valence electrons. The van der Waals surface area contributed by atoms with E-state index in [0.717, 1.165) is 0 Å². The van der Waals surface area contributed by atoms with Gasteiger partial charge in [-0.05, 0) is 32.9 Å². The van der Waals surface area contributed by atoms with Gasteiger partial charge in [0.1, 0.15) is 23.5 Å². The van der Waals surface area contributed by atoms with E-state index in [9.17, 15) is 4.79 Å². The van der Waals surface area contributed by atoms with Gasteiger partial charge in [0.25, 0.3) is 0 Å². The predicted octanol–water partition coefficient (Wildman–Crippen LogP) is 4.28. The number of alkyl carbamates (subject to hydrolysis) is 1. The number of ether oxygens (including phenoxy) is 2. The van der Waals surface area contributed by atoms with Crippen molar-refractivity contribution >= 4 is 17.7 Å². The molecule has 0 aromatic heterocycles. The number of halogens is 1. The van der Waals surface area contributed by atoms with Gasteiger partial charge in [-0.2, -0.15) is 5.26 Å². The number of amides is 1. The van der Waals surface area contributed by atoms with Crippen molar-refractivity contribution in [1.82, 2.24) is 5.32 Å². The molecule has 0 spiro atoms. The molecule has 0 bridgehead atoms. The van der Waals surface area contributed by atoms with Crippen LogP contribution in [0.2, 0.25) is 5.02 Å². The van der Waals surface area contributed by atoms with Crippen LogP contribution in [0.4, 0.5) is 4.79 Å². The summed E-state index contributed by atoms with van der Waals surface area (Å²) in [6, 6.07) is 7.01. The van der Waals surface area contributed by atoms with E-state index >= 15 is 0 Å². The normalized spacial score (nSPS) is 22.0. The smallest absolute Gasteiger partial charge is 0.407 e. The fourth-order valence-corrected chi connectivity index (χ4v) is 2.82. The van der Waals surface area contributed by atoms with Gasteiger partial charge in [-0.3, -0.25) is 0 Å². The Morgan fingerprint density at radius 1 is 1.42 bits per heavy atom. The number of hydrogen-bond acceptors (Lipinski definition) is 4. The van der Waals surface area contributed by atoms with Crippen molar-refractivity contribution in [3.05, 3.63) is 28.8 Å². The summed E-state index contributed by atoms with van der Waals surface area (Å²) in [6.07, 6.45) is 0.214. The van der Waals surface area contributed by atoms with Crippen LogP contribution in [0.15, 0.2) is 18.2 Å². The zero-order chi connectivity index (χ0) is 18.1. The molecular weight excluding hydrogens is 328 g/mol. The Hall–Kier alpha value is -1.93. The zero-order valence-electron chi connectivity index (χ0n) is 14.6. The van der Waals surface area contributed by atoms with E-state index in [4.69, 9.17) is 26.3 Å². The molecule has 1 N–H and O–H groups in total. The molecule has 0 radical (unpaired) electrons. The third kappa shape index (κ3) is 4.12. The molecule has 5 nitrogen and oxygen atoms in total. The van der Waals surface area contributed by atoms with Gasteiger partial charge >= 0.3 is 6.09 Å². The lowest BCUT2D eigenvalue weighted by atomic mass is 9.64. The van der Waals surface area contributed by atoms with Crippen LogP contribution in [0.25, 0.3) is 0 Å². The molecule has 2 atom stereocenters. The SMILES string of the molecule is CC(C)(C)OC(=O)N[C@@H]1C[C@H](Oc2ccc(C#N)c(Cl)c2)C1(C)C. The van der Waals surface area contributed by atoms with Crippen molar-refractivity contribution in [2.24, 2.45) is 5.41 Å². The molecule has 1 saturated carbocycles. The standard InChI is InChI=1S/C18H23ClN2O3/c1-17(2,3)24-16(22)21-14-9-15(18(14,4)5)23-12-7-6-11(10-20)13(19)8-12/h6-8,14-15H,9H2,1-5H3,(H,21,22)/t14-,15+/m1/s1. The lowest BCUT2D eigenvalue weighted by molar-refractivity contribution is -0.0569. The van der Waals surface area contributed by atoms with E-state index in [-0.39, 0.29) is 17.6 Å². The average molecular weight is 351 g/mol. The molecule has 1 aromatic rings. The number of nitrogens with one attached hydrogen (secondary N) is 1. The highest BCUT2D eigenvalue weighted by molar-refractivity contribution is 6.31. The summed E-state index contributed by atoms with van der Waals surface area (Å²) in [5, 5.41) is 12.2. The Bertz CT molecular complexity index is 674. The molecule has 1 aliphatic rings. The van der Waals surface area contributed by atoms with Crippen LogP contribution in [-0.4, -0.2) is 23.8 Å². The molecule has 1 amide bonds. The van der Waals surface area contributed by atoms with Gasteiger partial charge in [0.2, 0.25) is 0 Å². The molecule has 0 aliphatic heterocycles. The fourth-order valence-electron chi connectivity index (χ4n) is 2.60. The van der Waals surface area contributed by atoms with Gasteiger partial charge in [0.15, 0.2) is 0 Å². The largest absolute Gasteiger partial charge is 0.490 e. The van der Waals surface area contributed by atoms with Gasteiger partial charge in [-0.15, -0.1) is 0 Å². The zero-order valence-corrected chi connectivity index (χ0v) is 15.4. The molecule has 1 fully saturated rings. The maximum Gasteiger partial charge on any atom is 0.407 e. The number of hydrogen-bond donors (Lipinski definition) is 1. The molecule has 0 unspecified atom stereocenters. The first-order chi connectivity index (χ1) is 11.0. The number of carbonyl (C=O) groups is 1. The topological polar surface area (TPSA) is 71.3 Å². The highest BCUT2D eigenvalue weighted by atomic mass is 35.5. The molecule has 1 aromatic carbocycles. The highest BCUT2D eigenvalue weighted by Gasteiger charge is 2.51. The Labute approximate surface area is 147 Å². The Kier molecular flexibility index (Phi) is 5.00. The minimum Gasteiger partial charge on any atom is -0.490 e. The Balaban J connectivity index is 1.95. The first-order valence-electron chi connectivity index (χ1n) is 7.89. The van der Waals surface area contributed by atoms with Crippen LogP contribution in [-0.2, 0) is 4.74 Å². The van der Waals surface area contributed by atoms with E-state index < -0.39 is 11.7 Å². The lowest BCUT2D eigenvalue weighted by Gasteiger charge is -2.51. The summed E-state index contributed by atoms with van der Waals surface area (Å²) >= 11 is 6.03. The van der Waals surface area contributed by atoms with Crippen LogP contribution < -0.4 is 10.1 Å². The van der Waals surface area contributed by atoms with E-state index in [1.165, 1.54) is 0 Å². The number of nitrogens with zero attached hydrogens (tertiary/aromatic N) is 1. The van der Waals surface area contributed by atoms with Crippen molar-refractivity contribution in [3.8, 4) is 11.8 Å². The van der Waals surface area contributed by atoms with E-state index in [1.807, 2.05) is 40.7 Å². The monoisotopic (exact) mass is 350 g/mol. The second-order valence-corrected chi connectivity index (χ2v) is 8.02. The van der Waals surface area contributed by atoms with Gasteiger partial charge in [-0.1, -0.05) is 25.4 Å². The van der Waals surface area contributed by atoms with Gasteiger partial charge in [0, 0.05) is 23.9 Å². The van der Waals surface area contributed by atoms with Crippen molar-refractivity contribution in [1.29, 1.82) is 5.26 Å². The summed E-state index contributed by atoms with van der Waals surface area (Å²) in [4.78, 5) is 11.9. The van der Waals surface area contributed by atoms with Gasteiger partial charge in [0.05, 0.1) is 10.6 Å². The summed E-state index contributed by atoms with van der Waals surface area (Å²) < 4.78 is 11.3. The van der Waals surface area contributed by atoms with Crippen LogP contribution in [0.1, 0.15) is 46.6 Å². The maximum absolute atomic E-state index is 11.9. The fraction of sp³-hybridized carbons (Fsp3) is 0.556. The first-order valence-corrected chi connectivity index (χ1v) is 8.26. The van der Waals surface area contributed by atoms with Crippen molar-refractivity contribution in [3.63, 3.8) is 0 Å². The number of rotatable bonds is 3. The molecular formula is C18H23ClN2O3. The third-order valence-electron chi connectivity index (χ3n) is 4.21. The second-order valence-electron chi connectivity index (χ2n) is 7.62. The van der Waals surface area contributed by atoms with Crippen molar-refractivity contribution in [2.45, 2.75) is 58.8 Å². The highest BCUT2D eigenvalue weighted by Crippen LogP contribution is 2.43. The number of carbonyl (C=O) groups excluding carboxylic acids is 1. The van der Waals surface area contributed by atoms with E-state index in [1.54, 1.807) is 18.2 Å². The molecule has 24 heavy (non-hydrogen) atoms. The van der Waals surface area contributed by atoms with Crippen LogP contribution >= 0.6 is 11.6 Å². The van der Waals surface area contributed by atoms with Crippen LogP contribution in [0, 0.1) is 16.7 Å². The van der Waals surface area contributed by atoms with Gasteiger partial charge < -0.3 is 14.8 Å². The minimum absolute atomic E-state index is 0.0220. The molecule has 0 saturated heterocycles. The molecule has 6 heteroatoms. The average Bonchev–Trinajstić information content (AvgIpc) is 2.44. The Morgan fingerprint density at radius 3 is 2.58 bits per heavy atom. The number of benzene rings is 1. The van der Waals surface area contributed by atoms with Crippen LogP contribution in [0.3, 0.4) is 0 Å². The maximum atomic E-state index is 11.9. The summed E-state index contributed by atoms with van der Waals surface area (Å²) in [6.45, 7) is 9.57. The van der Waals surface area contributed by atoms with Gasteiger partial charge in [-0.25, -0.2) is 4.79 Å². The van der Waals surface area contributed by atoms with Crippen LogP contribution in [0.5, 0.6) is 5.75 Å². The summed E-state index contributed by atoms with van der Waals surface area (Å²) in [7, 11) is 0. The Morgan fingerprint density at radius 2 is 2.08 bits per heavy atom. The second kappa shape index (κ2) is 6.52.